The summed E-state index contributed by atoms with van der Waals surface area (Å²) in [7, 11) is 0. The first kappa shape index (κ1) is 15.9. The fourth-order valence-electron chi connectivity index (χ4n) is 1.80. The van der Waals surface area contributed by atoms with E-state index in [4.69, 9.17) is 5.73 Å². The number of halogens is 1. The summed E-state index contributed by atoms with van der Waals surface area (Å²) in [4.78, 5) is 12.0. The molecule has 1 amide bonds. The van der Waals surface area contributed by atoms with Gasteiger partial charge in [-0.25, -0.2) is 0 Å². The van der Waals surface area contributed by atoms with Gasteiger partial charge in [0.2, 0.25) is 5.91 Å². The third-order valence-electron chi connectivity index (χ3n) is 2.55. The lowest BCUT2D eigenvalue weighted by atomic mass is 9.88. The lowest BCUT2D eigenvalue weighted by Gasteiger charge is -2.20. The summed E-state index contributed by atoms with van der Waals surface area (Å²) in [6, 6.07) is 9.86. The van der Waals surface area contributed by atoms with E-state index in [1.54, 1.807) is 0 Å². The molecule has 3 N–H and O–H groups in total. The molecule has 96 valence electrons. The number of benzene rings is 1. The average Bonchev–Trinajstić information content (AvgIpc) is 2.27. The minimum atomic E-state index is -0.0900. The van der Waals surface area contributed by atoms with E-state index in [9.17, 15) is 4.79 Å². The molecule has 1 atom stereocenters. The predicted octanol–water partition coefficient (Wildman–Crippen LogP) is 1.92. The highest BCUT2D eigenvalue weighted by atomic mass is 35.5. The highest BCUT2D eigenvalue weighted by molar-refractivity contribution is 5.85. The van der Waals surface area contributed by atoms with Gasteiger partial charge in [-0.1, -0.05) is 44.2 Å². The lowest BCUT2D eigenvalue weighted by molar-refractivity contribution is -0.123. The van der Waals surface area contributed by atoms with Crippen molar-refractivity contribution >= 4 is 18.3 Å². The lowest BCUT2D eigenvalue weighted by Crippen LogP contribution is -2.35. The van der Waals surface area contributed by atoms with Crippen molar-refractivity contribution in [3.05, 3.63) is 35.9 Å². The topological polar surface area (TPSA) is 55.1 Å². The summed E-state index contributed by atoms with van der Waals surface area (Å²) >= 11 is 0. The van der Waals surface area contributed by atoms with Crippen molar-refractivity contribution in [1.82, 2.24) is 5.32 Å². The quantitative estimate of drug-likeness (QED) is 0.846. The van der Waals surface area contributed by atoms with Crippen LogP contribution in [0, 0.1) is 5.92 Å². The van der Waals surface area contributed by atoms with Gasteiger partial charge in [-0.05, 0) is 11.5 Å². The maximum atomic E-state index is 12.0. The van der Waals surface area contributed by atoms with Crippen molar-refractivity contribution < 1.29 is 4.79 Å². The Labute approximate surface area is 109 Å². The molecule has 1 aromatic carbocycles. The molecule has 0 bridgehead atoms. The molecule has 1 rings (SSSR count). The monoisotopic (exact) mass is 256 g/mol. The summed E-state index contributed by atoms with van der Waals surface area (Å²) < 4.78 is 0. The van der Waals surface area contributed by atoms with Crippen LogP contribution in [0.25, 0.3) is 0 Å². The number of rotatable bonds is 5. The summed E-state index contributed by atoms with van der Waals surface area (Å²) in [5.41, 5.74) is 6.44. The van der Waals surface area contributed by atoms with Gasteiger partial charge in [0, 0.05) is 13.1 Å². The van der Waals surface area contributed by atoms with Crippen LogP contribution in [-0.4, -0.2) is 19.0 Å². The second kappa shape index (κ2) is 8.09. The fourth-order valence-corrected chi connectivity index (χ4v) is 1.80. The van der Waals surface area contributed by atoms with E-state index < -0.39 is 0 Å². The van der Waals surface area contributed by atoms with Crippen LogP contribution in [0.5, 0.6) is 0 Å². The van der Waals surface area contributed by atoms with Crippen molar-refractivity contribution in [2.24, 2.45) is 11.7 Å². The summed E-state index contributed by atoms with van der Waals surface area (Å²) in [5, 5.41) is 2.85. The van der Waals surface area contributed by atoms with Gasteiger partial charge in [-0.3, -0.25) is 4.79 Å². The molecule has 0 saturated carbocycles. The van der Waals surface area contributed by atoms with Gasteiger partial charge in [0.15, 0.2) is 0 Å². The van der Waals surface area contributed by atoms with Crippen LogP contribution >= 0.6 is 12.4 Å². The second-order valence-corrected chi connectivity index (χ2v) is 4.21. The molecule has 3 nitrogen and oxygen atoms in total. The van der Waals surface area contributed by atoms with Crippen LogP contribution < -0.4 is 11.1 Å². The van der Waals surface area contributed by atoms with Gasteiger partial charge < -0.3 is 11.1 Å². The number of carbonyl (C=O) groups excluding carboxylic acids is 1. The zero-order valence-corrected chi connectivity index (χ0v) is 11.2. The summed E-state index contributed by atoms with van der Waals surface area (Å²) in [6.45, 7) is 5.12. The molecule has 0 heterocycles. The Morgan fingerprint density at radius 2 is 1.88 bits per heavy atom. The fraction of sp³-hybridized carbons (Fsp3) is 0.462. The smallest absolute Gasteiger partial charge is 0.227 e. The van der Waals surface area contributed by atoms with Gasteiger partial charge in [-0.15, -0.1) is 12.4 Å². The normalized spacial score (nSPS) is 11.8. The molecular weight excluding hydrogens is 236 g/mol. The van der Waals surface area contributed by atoms with Crippen LogP contribution in [0.3, 0.4) is 0 Å². The standard InChI is InChI=1S/C13H20N2O.ClH/c1-10(2)12(13(16)15-9-8-14)11-6-4-3-5-7-11;/h3-7,10,12H,8-9,14H2,1-2H3,(H,15,16);1H. The highest BCUT2D eigenvalue weighted by Crippen LogP contribution is 2.24. The molecule has 0 fully saturated rings. The van der Waals surface area contributed by atoms with E-state index in [1.165, 1.54) is 0 Å². The summed E-state index contributed by atoms with van der Waals surface area (Å²) in [5.74, 6) is 0.250. The second-order valence-electron chi connectivity index (χ2n) is 4.21. The maximum absolute atomic E-state index is 12.0. The Kier molecular flexibility index (Phi) is 7.59. The maximum Gasteiger partial charge on any atom is 0.227 e. The van der Waals surface area contributed by atoms with E-state index in [2.05, 4.69) is 19.2 Å². The van der Waals surface area contributed by atoms with Crippen LogP contribution in [0.15, 0.2) is 30.3 Å². The molecule has 17 heavy (non-hydrogen) atoms. The van der Waals surface area contributed by atoms with Crippen molar-refractivity contribution in [2.45, 2.75) is 19.8 Å². The first-order valence-electron chi connectivity index (χ1n) is 5.69. The minimum Gasteiger partial charge on any atom is -0.354 e. The molecule has 1 unspecified atom stereocenters. The van der Waals surface area contributed by atoms with E-state index in [0.717, 1.165) is 5.56 Å². The average molecular weight is 257 g/mol. The summed E-state index contributed by atoms with van der Waals surface area (Å²) in [6.07, 6.45) is 0. The molecule has 0 aromatic heterocycles. The Balaban J connectivity index is 0.00000256. The van der Waals surface area contributed by atoms with E-state index in [-0.39, 0.29) is 30.2 Å². The number of hydrogen-bond donors (Lipinski definition) is 2. The van der Waals surface area contributed by atoms with Crippen LogP contribution in [-0.2, 0) is 4.79 Å². The third kappa shape index (κ3) is 4.75. The molecule has 1 aromatic rings. The highest BCUT2D eigenvalue weighted by Gasteiger charge is 2.23. The number of nitrogens with two attached hydrogens (primary N) is 1. The Morgan fingerprint density at radius 1 is 1.29 bits per heavy atom. The number of hydrogen-bond acceptors (Lipinski definition) is 2. The number of nitrogens with one attached hydrogen (secondary N) is 1. The molecule has 0 aliphatic carbocycles. The van der Waals surface area contributed by atoms with E-state index >= 15 is 0 Å². The minimum absolute atomic E-state index is 0. The zero-order valence-electron chi connectivity index (χ0n) is 10.3. The molecule has 0 spiro atoms. The van der Waals surface area contributed by atoms with Crippen LogP contribution in [0.2, 0.25) is 0 Å². The van der Waals surface area contributed by atoms with Gasteiger partial charge in [-0.2, -0.15) is 0 Å². The first-order valence-corrected chi connectivity index (χ1v) is 5.69. The van der Waals surface area contributed by atoms with Crippen molar-refractivity contribution in [1.29, 1.82) is 0 Å². The molecule has 0 radical (unpaired) electrons. The molecule has 0 aliphatic heterocycles. The Bertz CT molecular complexity index is 327. The van der Waals surface area contributed by atoms with E-state index in [1.807, 2.05) is 30.3 Å². The van der Waals surface area contributed by atoms with Crippen LogP contribution in [0.1, 0.15) is 25.3 Å². The third-order valence-corrected chi connectivity index (χ3v) is 2.55. The Morgan fingerprint density at radius 3 is 2.35 bits per heavy atom. The van der Waals surface area contributed by atoms with E-state index in [0.29, 0.717) is 13.1 Å². The SMILES string of the molecule is CC(C)C(C(=O)NCCN)c1ccccc1.Cl. The van der Waals surface area contributed by atoms with Crippen molar-refractivity contribution in [2.75, 3.05) is 13.1 Å². The zero-order chi connectivity index (χ0) is 12.0. The molecule has 0 saturated heterocycles. The number of carbonyl (C=O) groups is 1. The molecular formula is C13H21ClN2O. The van der Waals surface area contributed by atoms with Crippen molar-refractivity contribution in [3.8, 4) is 0 Å². The van der Waals surface area contributed by atoms with Gasteiger partial charge in [0.25, 0.3) is 0 Å². The first-order chi connectivity index (χ1) is 7.66. The van der Waals surface area contributed by atoms with Crippen molar-refractivity contribution in [3.63, 3.8) is 0 Å². The van der Waals surface area contributed by atoms with Gasteiger partial charge in [0.1, 0.15) is 0 Å². The Hall–Kier alpha value is -1.06. The van der Waals surface area contributed by atoms with Gasteiger partial charge in [0.05, 0.1) is 5.92 Å². The van der Waals surface area contributed by atoms with Crippen LogP contribution in [0.4, 0.5) is 0 Å². The largest absolute Gasteiger partial charge is 0.354 e. The predicted molar refractivity (Wildman–Crippen MR) is 73.3 cm³/mol. The molecule has 4 heteroatoms. The molecule has 0 aliphatic rings. The number of amides is 1. The van der Waals surface area contributed by atoms with Gasteiger partial charge >= 0.3 is 0 Å².